The summed E-state index contributed by atoms with van der Waals surface area (Å²) in [4.78, 5) is 10.8. The average molecular weight is 424 g/mol. The van der Waals surface area contributed by atoms with Gasteiger partial charge in [-0.05, 0) is 31.2 Å². The zero-order valence-electron chi connectivity index (χ0n) is 12.9. The molecule has 25 heavy (non-hydrogen) atoms. The Labute approximate surface area is 154 Å². The van der Waals surface area contributed by atoms with E-state index in [1.54, 1.807) is 0 Å². The van der Waals surface area contributed by atoms with Crippen LogP contribution < -0.4 is 15.8 Å². The van der Waals surface area contributed by atoms with Crippen LogP contribution in [0, 0.1) is 0 Å². The van der Waals surface area contributed by atoms with Gasteiger partial charge in [0, 0.05) is 19.5 Å². The van der Waals surface area contributed by atoms with E-state index in [0.29, 0.717) is 25.6 Å². The number of halogens is 5. The summed E-state index contributed by atoms with van der Waals surface area (Å²) in [5.41, 5.74) is 4.01. The first kappa shape index (κ1) is 23.9. The molecule has 6 nitrogen and oxygen atoms in total. The fourth-order valence-corrected chi connectivity index (χ4v) is 2.97. The maximum atomic E-state index is 12.8. The quantitative estimate of drug-likeness (QED) is 0.555. The Morgan fingerprint density at radius 1 is 1.24 bits per heavy atom. The standard InChI is InChI=1S/C13H17ClF3N3O3S.ClH/c14-11-3-2-9(8-10(11)13(15,16)17)24(22,23)20-7-4-12(21)19-6-1-5-18;/h2-3,8,20H,1,4-7,18H2,(H,19,21);1H. The molecule has 0 bridgehead atoms. The lowest BCUT2D eigenvalue weighted by Gasteiger charge is -2.12. The van der Waals surface area contributed by atoms with Gasteiger partial charge in [0.25, 0.3) is 0 Å². The van der Waals surface area contributed by atoms with Crippen LogP contribution in [0.5, 0.6) is 0 Å². The molecule has 0 heterocycles. The molecule has 0 aromatic heterocycles. The number of nitrogens with two attached hydrogens (primary N) is 1. The van der Waals surface area contributed by atoms with Gasteiger partial charge in [0.15, 0.2) is 0 Å². The average Bonchev–Trinajstić information content (AvgIpc) is 2.46. The number of hydrogen-bond acceptors (Lipinski definition) is 4. The van der Waals surface area contributed by atoms with Gasteiger partial charge < -0.3 is 11.1 Å². The van der Waals surface area contributed by atoms with Gasteiger partial charge >= 0.3 is 6.18 Å². The van der Waals surface area contributed by atoms with Crippen LogP contribution in [0.4, 0.5) is 13.2 Å². The molecule has 1 aromatic carbocycles. The second-order valence-electron chi connectivity index (χ2n) is 4.78. The van der Waals surface area contributed by atoms with Gasteiger partial charge in [0.2, 0.25) is 15.9 Å². The summed E-state index contributed by atoms with van der Waals surface area (Å²) in [7, 11) is -4.19. The van der Waals surface area contributed by atoms with Gasteiger partial charge in [-0.2, -0.15) is 13.2 Å². The summed E-state index contributed by atoms with van der Waals surface area (Å²) in [5.74, 6) is -0.391. The Hall–Kier alpha value is -1.07. The van der Waals surface area contributed by atoms with Gasteiger partial charge in [-0.1, -0.05) is 11.6 Å². The van der Waals surface area contributed by atoms with Crippen LogP contribution in [-0.2, 0) is 21.0 Å². The zero-order chi connectivity index (χ0) is 18.4. The lowest BCUT2D eigenvalue weighted by Crippen LogP contribution is -2.31. The minimum absolute atomic E-state index is 0. The molecule has 0 radical (unpaired) electrons. The molecule has 0 aliphatic heterocycles. The van der Waals surface area contributed by atoms with E-state index in [9.17, 15) is 26.4 Å². The third kappa shape index (κ3) is 7.78. The molecule has 0 aliphatic carbocycles. The van der Waals surface area contributed by atoms with Gasteiger partial charge in [0.1, 0.15) is 0 Å². The predicted molar refractivity (Wildman–Crippen MR) is 90.2 cm³/mol. The Morgan fingerprint density at radius 2 is 1.88 bits per heavy atom. The van der Waals surface area contributed by atoms with Crippen molar-refractivity contribution in [3.8, 4) is 0 Å². The van der Waals surface area contributed by atoms with Crippen molar-refractivity contribution in [2.24, 2.45) is 5.73 Å². The molecular weight excluding hydrogens is 406 g/mol. The van der Waals surface area contributed by atoms with E-state index in [4.69, 9.17) is 17.3 Å². The van der Waals surface area contributed by atoms with E-state index in [-0.39, 0.29) is 25.4 Å². The van der Waals surface area contributed by atoms with Crippen molar-refractivity contribution in [1.29, 1.82) is 0 Å². The Kier molecular flexibility index (Phi) is 9.73. The summed E-state index contributed by atoms with van der Waals surface area (Å²) in [5, 5.41) is 1.93. The third-order valence-electron chi connectivity index (χ3n) is 2.90. The maximum Gasteiger partial charge on any atom is 0.417 e. The number of benzene rings is 1. The summed E-state index contributed by atoms with van der Waals surface area (Å²) < 4.78 is 64.3. The van der Waals surface area contributed by atoms with Crippen molar-refractivity contribution < 1.29 is 26.4 Å². The van der Waals surface area contributed by atoms with Crippen molar-refractivity contribution in [1.82, 2.24) is 10.0 Å². The molecule has 1 rings (SSSR count). The van der Waals surface area contributed by atoms with E-state index in [1.165, 1.54) is 0 Å². The van der Waals surface area contributed by atoms with Gasteiger partial charge in [-0.3, -0.25) is 4.79 Å². The molecular formula is C13H18Cl2F3N3O3S. The number of amides is 1. The molecule has 144 valence electrons. The summed E-state index contributed by atoms with van der Waals surface area (Å²) in [6, 6.07) is 2.27. The molecule has 0 saturated heterocycles. The fraction of sp³-hybridized carbons (Fsp3) is 0.462. The van der Waals surface area contributed by atoms with Crippen LogP contribution in [0.3, 0.4) is 0 Å². The van der Waals surface area contributed by atoms with Gasteiger partial charge in [-0.25, -0.2) is 13.1 Å². The van der Waals surface area contributed by atoms with Crippen molar-refractivity contribution in [2.75, 3.05) is 19.6 Å². The zero-order valence-corrected chi connectivity index (χ0v) is 15.3. The summed E-state index contributed by atoms with van der Waals surface area (Å²) >= 11 is 5.44. The van der Waals surface area contributed by atoms with Crippen LogP contribution in [0.25, 0.3) is 0 Å². The largest absolute Gasteiger partial charge is 0.417 e. The van der Waals surface area contributed by atoms with E-state index >= 15 is 0 Å². The Bertz CT molecular complexity index is 685. The smallest absolute Gasteiger partial charge is 0.356 e. The van der Waals surface area contributed by atoms with Gasteiger partial charge in [0.05, 0.1) is 15.5 Å². The molecule has 0 fully saturated rings. The van der Waals surface area contributed by atoms with E-state index in [0.717, 1.165) is 12.1 Å². The molecule has 0 aliphatic rings. The predicted octanol–water partition coefficient (Wildman–Crippen LogP) is 1.91. The second kappa shape index (κ2) is 10.2. The molecule has 0 spiro atoms. The van der Waals surface area contributed by atoms with Crippen molar-refractivity contribution in [3.63, 3.8) is 0 Å². The topological polar surface area (TPSA) is 101 Å². The highest BCUT2D eigenvalue weighted by Gasteiger charge is 2.34. The number of hydrogen-bond donors (Lipinski definition) is 3. The van der Waals surface area contributed by atoms with Gasteiger partial charge in [-0.15, -0.1) is 12.4 Å². The second-order valence-corrected chi connectivity index (χ2v) is 6.95. The minimum Gasteiger partial charge on any atom is -0.356 e. The molecule has 0 atom stereocenters. The fourth-order valence-electron chi connectivity index (χ4n) is 1.69. The van der Waals surface area contributed by atoms with Crippen molar-refractivity contribution >= 4 is 39.9 Å². The number of nitrogens with one attached hydrogen (secondary N) is 2. The first-order valence-corrected chi connectivity index (χ1v) is 8.77. The minimum atomic E-state index is -4.77. The Morgan fingerprint density at radius 3 is 2.44 bits per heavy atom. The van der Waals surface area contributed by atoms with E-state index < -0.39 is 37.6 Å². The normalized spacial score (nSPS) is 11.7. The first-order chi connectivity index (χ1) is 11.1. The summed E-state index contributed by atoms with van der Waals surface area (Å²) in [6.45, 7) is 0.528. The van der Waals surface area contributed by atoms with Crippen molar-refractivity contribution in [2.45, 2.75) is 23.9 Å². The number of rotatable bonds is 8. The molecule has 0 unspecified atom stereocenters. The monoisotopic (exact) mass is 423 g/mol. The molecule has 1 amide bonds. The van der Waals surface area contributed by atoms with Crippen molar-refractivity contribution in [3.05, 3.63) is 28.8 Å². The Balaban J connectivity index is 0.00000576. The highest BCUT2D eigenvalue weighted by atomic mass is 35.5. The first-order valence-electron chi connectivity index (χ1n) is 6.91. The van der Waals surface area contributed by atoms with Crippen LogP contribution in [0.1, 0.15) is 18.4 Å². The number of carbonyl (C=O) groups excluding carboxylic acids is 1. The lowest BCUT2D eigenvalue weighted by atomic mass is 10.2. The third-order valence-corrected chi connectivity index (χ3v) is 4.69. The van der Waals surface area contributed by atoms with E-state index in [1.807, 2.05) is 0 Å². The van der Waals surface area contributed by atoms with E-state index in [2.05, 4.69) is 10.0 Å². The number of alkyl halides is 3. The summed E-state index contributed by atoms with van der Waals surface area (Å²) in [6.07, 6.45) is -4.34. The maximum absolute atomic E-state index is 12.8. The van der Waals surface area contributed by atoms with Crippen LogP contribution in [0.2, 0.25) is 5.02 Å². The molecule has 0 saturated carbocycles. The van der Waals surface area contributed by atoms with Crippen LogP contribution >= 0.6 is 24.0 Å². The molecule has 1 aromatic rings. The number of carbonyl (C=O) groups is 1. The highest BCUT2D eigenvalue weighted by molar-refractivity contribution is 7.89. The van der Waals surface area contributed by atoms with Crippen LogP contribution in [-0.4, -0.2) is 34.0 Å². The molecule has 4 N–H and O–H groups in total. The SMILES string of the molecule is Cl.NCCCNC(=O)CCNS(=O)(=O)c1ccc(Cl)c(C(F)(F)F)c1. The highest BCUT2D eigenvalue weighted by Crippen LogP contribution is 2.35. The van der Waals surface area contributed by atoms with Crippen LogP contribution in [0.15, 0.2) is 23.1 Å². The molecule has 12 heteroatoms. The number of sulfonamides is 1. The lowest BCUT2D eigenvalue weighted by molar-refractivity contribution is -0.137.